The Morgan fingerprint density at radius 2 is 0.793 bits per heavy atom. The average Bonchev–Trinajstić information content (AvgIpc) is 3.74. The molecule has 0 atom stereocenters. The molecule has 272 valence electrons. The van der Waals surface area contributed by atoms with E-state index in [0.717, 1.165) is 56.0 Å². The van der Waals surface area contributed by atoms with E-state index in [2.05, 4.69) is 211 Å². The summed E-state index contributed by atoms with van der Waals surface area (Å²) in [7, 11) is 0. The van der Waals surface area contributed by atoms with Gasteiger partial charge in [-0.15, -0.1) is 0 Å². The maximum absolute atomic E-state index is 6.28. The van der Waals surface area contributed by atoms with Gasteiger partial charge in [0, 0.05) is 27.7 Å². The molecule has 2 nitrogen and oxygen atoms in total. The molecule has 0 aliphatic heterocycles. The zero-order valence-electron chi connectivity index (χ0n) is 31.7. The predicted molar refractivity (Wildman–Crippen MR) is 245 cm³/mol. The van der Waals surface area contributed by atoms with Crippen molar-refractivity contribution in [3.63, 3.8) is 0 Å². The van der Waals surface area contributed by atoms with Gasteiger partial charge in [-0.1, -0.05) is 176 Å². The van der Waals surface area contributed by atoms with Crippen molar-refractivity contribution in [2.75, 3.05) is 4.90 Å². The number of hydrogen-bond donors (Lipinski definition) is 0. The number of anilines is 3. The van der Waals surface area contributed by atoms with Gasteiger partial charge in [0.2, 0.25) is 0 Å². The smallest absolute Gasteiger partial charge is 0.136 e. The highest BCUT2D eigenvalue weighted by Gasteiger charge is 2.18. The summed E-state index contributed by atoms with van der Waals surface area (Å²) in [5.74, 6) is 0.878. The minimum absolute atomic E-state index is 0.878. The molecule has 1 heterocycles. The largest absolute Gasteiger partial charge is 0.456 e. The summed E-state index contributed by atoms with van der Waals surface area (Å²) in [6, 6.07) is 80.7. The second-order valence-corrected chi connectivity index (χ2v) is 14.9. The molecule has 11 rings (SSSR count). The van der Waals surface area contributed by atoms with Crippen LogP contribution < -0.4 is 4.90 Å². The normalized spacial score (nSPS) is 11.4. The van der Waals surface area contributed by atoms with Gasteiger partial charge >= 0.3 is 0 Å². The second kappa shape index (κ2) is 14.1. The lowest BCUT2D eigenvalue weighted by Crippen LogP contribution is -2.10. The first-order valence-corrected chi connectivity index (χ1v) is 19.8. The molecule has 0 spiro atoms. The van der Waals surface area contributed by atoms with Crippen LogP contribution in [0, 0.1) is 0 Å². The van der Waals surface area contributed by atoms with Crippen LogP contribution in [0.2, 0.25) is 0 Å². The molecule has 0 aliphatic rings. The lowest BCUT2D eigenvalue weighted by Gasteiger charge is -2.28. The summed E-state index contributed by atoms with van der Waals surface area (Å²) in [5.41, 5.74) is 12.4. The number of rotatable bonds is 7. The fourth-order valence-corrected chi connectivity index (χ4v) is 8.53. The minimum Gasteiger partial charge on any atom is -0.456 e. The monoisotopic (exact) mass is 739 g/mol. The Balaban J connectivity index is 0.967. The van der Waals surface area contributed by atoms with Gasteiger partial charge in [0.1, 0.15) is 11.3 Å². The predicted octanol–water partition coefficient (Wildman–Crippen LogP) is 16.0. The molecule has 0 N–H and O–H groups in total. The van der Waals surface area contributed by atoms with Gasteiger partial charge < -0.3 is 9.32 Å². The molecule has 0 radical (unpaired) electrons. The molecular formula is C56H37NO. The van der Waals surface area contributed by atoms with Gasteiger partial charge in [0.25, 0.3) is 0 Å². The lowest BCUT2D eigenvalue weighted by molar-refractivity contribution is 0.632. The molecule has 10 aromatic carbocycles. The first-order chi connectivity index (χ1) is 28.7. The van der Waals surface area contributed by atoms with Crippen LogP contribution in [-0.4, -0.2) is 0 Å². The Labute approximate surface area is 337 Å². The van der Waals surface area contributed by atoms with Gasteiger partial charge in [-0.2, -0.15) is 0 Å². The summed E-state index contributed by atoms with van der Waals surface area (Å²) in [6.07, 6.45) is 0. The molecule has 0 amide bonds. The quantitative estimate of drug-likeness (QED) is 0.151. The highest BCUT2D eigenvalue weighted by Crippen LogP contribution is 2.43. The van der Waals surface area contributed by atoms with Crippen molar-refractivity contribution in [2.45, 2.75) is 0 Å². The van der Waals surface area contributed by atoms with Crippen LogP contribution >= 0.6 is 0 Å². The van der Waals surface area contributed by atoms with Crippen molar-refractivity contribution in [1.29, 1.82) is 0 Å². The summed E-state index contributed by atoms with van der Waals surface area (Å²) in [5, 5.41) is 8.53. The third-order valence-corrected chi connectivity index (χ3v) is 11.5. The van der Waals surface area contributed by atoms with Crippen LogP contribution in [0.4, 0.5) is 17.1 Å². The first-order valence-electron chi connectivity index (χ1n) is 19.8. The van der Waals surface area contributed by atoms with Crippen molar-refractivity contribution in [3.05, 3.63) is 224 Å². The molecule has 1 aromatic heterocycles. The number of benzene rings is 10. The Morgan fingerprint density at radius 1 is 0.293 bits per heavy atom. The standard InChI is InChI=1S/C56H37NO/c1-2-12-43-35-44(26-23-38(43)11-1)41-29-33-48(34-30-41)57(54-36-45-13-3-5-16-50(45)51-17-7-8-18-52(51)54)47-31-27-40(28-32-47)39-21-24-42(25-22-39)49-15-6-9-19-53(49)56-37-46-14-4-10-20-55(46)58-56/h1-37H. The van der Waals surface area contributed by atoms with Crippen molar-refractivity contribution < 1.29 is 4.42 Å². The van der Waals surface area contributed by atoms with Crippen molar-refractivity contribution in [1.82, 2.24) is 0 Å². The molecule has 2 heteroatoms. The van der Waals surface area contributed by atoms with E-state index in [1.807, 2.05) is 18.2 Å². The van der Waals surface area contributed by atoms with E-state index in [-0.39, 0.29) is 0 Å². The van der Waals surface area contributed by atoms with Crippen LogP contribution in [0.25, 0.3) is 88.0 Å². The highest BCUT2D eigenvalue weighted by molar-refractivity contribution is 6.14. The number of furan rings is 1. The average molecular weight is 740 g/mol. The molecule has 0 saturated carbocycles. The highest BCUT2D eigenvalue weighted by atomic mass is 16.3. The molecular weight excluding hydrogens is 703 g/mol. The van der Waals surface area contributed by atoms with E-state index in [1.54, 1.807) is 0 Å². The SMILES string of the molecule is c1ccc(-c2cc3ccccc3o2)c(-c2ccc(-c3ccc(N(c4ccc(-c5ccc6ccccc6c5)cc4)c4cc5ccccc5c5ccccc45)cc3)cc2)c1. The maximum Gasteiger partial charge on any atom is 0.136 e. The molecule has 0 bridgehead atoms. The van der Waals surface area contributed by atoms with Crippen LogP contribution in [-0.2, 0) is 0 Å². The van der Waals surface area contributed by atoms with Crippen molar-refractivity contribution in [3.8, 4) is 44.7 Å². The van der Waals surface area contributed by atoms with Gasteiger partial charge in [0.05, 0.1) is 5.69 Å². The Hall–Kier alpha value is -7.68. The molecule has 0 fully saturated rings. The Bertz CT molecular complexity index is 3230. The fraction of sp³-hybridized carbons (Fsp3) is 0. The van der Waals surface area contributed by atoms with Crippen LogP contribution in [0.3, 0.4) is 0 Å². The topological polar surface area (TPSA) is 16.4 Å². The van der Waals surface area contributed by atoms with Crippen LogP contribution in [0.5, 0.6) is 0 Å². The van der Waals surface area contributed by atoms with Gasteiger partial charge in [-0.05, 0) is 109 Å². The van der Waals surface area contributed by atoms with E-state index >= 15 is 0 Å². The van der Waals surface area contributed by atoms with Crippen LogP contribution in [0.1, 0.15) is 0 Å². The van der Waals surface area contributed by atoms with Crippen molar-refractivity contribution >= 4 is 60.3 Å². The van der Waals surface area contributed by atoms with Gasteiger partial charge in [0.15, 0.2) is 0 Å². The molecule has 11 aromatic rings. The number of nitrogens with zero attached hydrogens (tertiary/aromatic N) is 1. The Morgan fingerprint density at radius 3 is 1.50 bits per heavy atom. The maximum atomic E-state index is 6.28. The van der Waals surface area contributed by atoms with Crippen molar-refractivity contribution in [2.24, 2.45) is 0 Å². The molecule has 0 aliphatic carbocycles. The van der Waals surface area contributed by atoms with E-state index in [4.69, 9.17) is 4.42 Å². The van der Waals surface area contributed by atoms with E-state index in [9.17, 15) is 0 Å². The zero-order chi connectivity index (χ0) is 38.4. The summed E-state index contributed by atoms with van der Waals surface area (Å²) in [4.78, 5) is 2.40. The van der Waals surface area contributed by atoms with Gasteiger partial charge in [-0.25, -0.2) is 0 Å². The first kappa shape index (κ1) is 33.6. The number of hydrogen-bond acceptors (Lipinski definition) is 2. The lowest BCUT2D eigenvalue weighted by atomic mass is 9.95. The fourth-order valence-electron chi connectivity index (χ4n) is 8.53. The number of para-hydroxylation sites is 1. The Kier molecular flexibility index (Phi) is 8.19. The summed E-state index contributed by atoms with van der Waals surface area (Å²) >= 11 is 0. The van der Waals surface area contributed by atoms with Crippen LogP contribution in [0.15, 0.2) is 229 Å². The molecule has 58 heavy (non-hydrogen) atoms. The van der Waals surface area contributed by atoms with E-state index < -0.39 is 0 Å². The summed E-state index contributed by atoms with van der Waals surface area (Å²) in [6.45, 7) is 0. The third kappa shape index (κ3) is 6.00. The van der Waals surface area contributed by atoms with E-state index in [1.165, 1.54) is 49.0 Å². The van der Waals surface area contributed by atoms with E-state index in [0.29, 0.717) is 0 Å². The molecule has 0 unspecified atom stereocenters. The minimum atomic E-state index is 0.878. The third-order valence-electron chi connectivity index (χ3n) is 11.5. The summed E-state index contributed by atoms with van der Waals surface area (Å²) < 4.78 is 6.28. The van der Waals surface area contributed by atoms with Gasteiger partial charge in [-0.3, -0.25) is 0 Å². The number of fused-ring (bicyclic) bond motifs is 5. The second-order valence-electron chi connectivity index (χ2n) is 14.9. The zero-order valence-corrected chi connectivity index (χ0v) is 31.7. The molecule has 0 saturated heterocycles.